The van der Waals surface area contributed by atoms with E-state index in [1.807, 2.05) is 45.1 Å². The van der Waals surface area contributed by atoms with Gasteiger partial charge < -0.3 is 14.9 Å². The van der Waals surface area contributed by atoms with Gasteiger partial charge in [-0.15, -0.1) is 0 Å². The Morgan fingerprint density at radius 3 is 2.43 bits per heavy atom. The van der Waals surface area contributed by atoms with Gasteiger partial charge in [0.1, 0.15) is 5.76 Å². The Balaban J connectivity index is 2.83. The molecule has 3 nitrogen and oxygen atoms in total. The molecule has 1 aromatic rings. The van der Waals surface area contributed by atoms with E-state index < -0.39 is 22.2 Å². The fourth-order valence-electron chi connectivity index (χ4n) is 3.45. The first-order valence-corrected chi connectivity index (χ1v) is 14.1. The predicted octanol–water partition coefficient (Wildman–Crippen LogP) is 5.92. The van der Waals surface area contributed by atoms with E-state index in [1.54, 1.807) is 0 Å². The molecule has 0 saturated carbocycles. The number of allylic oxidation sites excluding steroid dienone is 3. The van der Waals surface area contributed by atoms with Gasteiger partial charge in [-0.05, 0) is 74.3 Å². The van der Waals surface area contributed by atoms with Crippen LogP contribution in [0.5, 0.6) is 0 Å². The lowest BCUT2D eigenvalue weighted by atomic mass is 9.89. The molecule has 0 aliphatic carbocycles. The second kappa shape index (κ2) is 12.8. The van der Waals surface area contributed by atoms with Crippen molar-refractivity contribution in [3.8, 4) is 0 Å². The van der Waals surface area contributed by atoms with Gasteiger partial charge in [-0.25, -0.2) is 10.0 Å². The van der Waals surface area contributed by atoms with Gasteiger partial charge in [0.25, 0.3) is 0 Å². The monoisotopic (exact) mass is 456 g/mol. The van der Waals surface area contributed by atoms with Gasteiger partial charge in [0, 0.05) is 23.1 Å². The number of aliphatic hydroxyl groups excluding tert-OH is 2. The molecule has 1 aromatic carbocycles. The summed E-state index contributed by atoms with van der Waals surface area (Å²) < 4.78 is 5.56. The molecule has 30 heavy (non-hydrogen) atoms. The predicted molar refractivity (Wildman–Crippen MR) is 134 cm³/mol. The second-order valence-electron chi connectivity index (χ2n) is 9.02. The lowest BCUT2D eigenvalue weighted by Crippen LogP contribution is -2.26. The summed E-state index contributed by atoms with van der Waals surface area (Å²) in [5.41, 5.74) is 2.13. The minimum atomic E-state index is -0.800. The fraction of sp³-hybridized carbons (Fsp3) is 0.600. The van der Waals surface area contributed by atoms with Gasteiger partial charge >= 0.3 is 0 Å². The van der Waals surface area contributed by atoms with Crippen LogP contribution in [0.2, 0.25) is 5.02 Å². The summed E-state index contributed by atoms with van der Waals surface area (Å²) in [6.07, 6.45) is 12.8. The third-order valence-electron chi connectivity index (χ3n) is 5.11. The third kappa shape index (κ3) is 9.91. The van der Waals surface area contributed by atoms with E-state index in [-0.39, 0.29) is 5.92 Å². The van der Waals surface area contributed by atoms with Crippen LogP contribution in [-0.4, -0.2) is 53.5 Å². The van der Waals surface area contributed by atoms with Gasteiger partial charge in [-0.3, -0.25) is 0 Å². The second-order valence-corrected chi connectivity index (χ2v) is 13.9. The van der Waals surface area contributed by atoms with Crippen molar-refractivity contribution in [2.24, 2.45) is 5.92 Å². The summed E-state index contributed by atoms with van der Waals surface area (Å²) in [6.45, 7) is 8.76. The summed E-state index contributed by atoms with van der Waals surface area (Å²) in [7, 11) is -0.800. The van der Waals surface area contributed by atoms with Crippen molar-refractivity contribution in [1.29, 1.82) is 0 Å². The minimum Gasteiger partial charge on any atom is -0.494 e. The molecule has 3 unspecified atom stereocenters. The molecule has 0 fully saturated rings. The highest BCUT2D eigenvalue weighted by atomic mass is 35.5. The molecule has 0 bridgehead atoms. The van der Waals surface area contributed by atoms with Crippen molar-refractivity contribution in [2.75, 3.05) is 31.1 Å². The molecule has 0 amide bonds. The Labute approximate surface area is 190 Å². The average Bonchev–Trinajstić information content (AvgIpc) is 2.64. The number of benzene rings is 1. The Kier molecular flexibility index (Phi) is 11.6. The molecule has 4 atom stereocenters. The first-order valence-electron chi connectivity index (χ1n) is 10.7. The largest absolute Gasteiger partial charge is 0.494 e. The summed E-state index contributed by atoms with van der Waals surface area (Å²) >= 11 is 6.46. The van der Waals surface area contributed by atoms with Crippen LogP contribution in [0.3, 0.4) is 0 Å². The molecule has 0 heterocycles. The van der Waals surface area contributed by atoms with Gasteiger partial charge in [0.05, 0.1) is 18.8 Å². The Morgan fingerprint density at radius 1 is 1.20 bits per heavy atom. The van der Waals surface area contributed by atoms with Crippen molar-refractivity contribution >= 4 is 21.6 Å². The Hall–Kier alpha value is -0.940. The molecule has 0 spiro atoms. The van der Waals surface area contributed by atoms with Crippen molar-refractivity contribution in [1.82, 2.24) is 0 Å². The number of rotatable bonds is 12. The normalized spacial score (nSPS) is 17.6. The van der Waals surface area contributed by atoms with Crippen molar-refractivity contribution < 1.29 is 14.9 Å². The molecule has 2 N–H and O–H groups in total. The lowest BCUT2D eigenvalue weighted by Gasteiger charge is -2.30. The van der Waals surface area contributed by atoms with Gasteiger partial charge in [-0.2, -0.15) is 0 Å². The number of hydrogen-bond acceptors (Lipinski definition) is 3. The maximum atomic E-state index is 10.7. The SMILES string of the molecule is C/C=C(\C=C/[C@H](C)Cc1cc(C(C)C(O)CC(O)CS(C)(C)C)ccc1Cl)OCC. The molecule has 172 valence electrons. The number of hydrogen-bond donors (Lipinski definition) is 2. The maximum Gasteiger partial charge on any atom is 0.114 e. The molecular formula is C25H41ClO3S. The third-order valence-corrected chi connectivity index (χ3v) is 6.86. The maximum absolute atomic E-state index is 10.7. The van der Waals surface area contributed by atoms with E-state index in [1.165, 1.54) is 0 Å². The highest BCUT2D eigenvalue weighted by Gasteiger charge is 2.22. The van der Waals surface area contributed by atoms with E-state index in [0.717, 1.165) is 34.1 Å². The zero-order chi connectivity index (χ0) is 22.9. The van der Waals surface area contributed by atoms with Crippen LogP contribution in [-0.2, 0) is 11.2 Å². The lowest BCUT2D eigenvalue weighted by molar-refractivity contribution is 0.0780. The van der Waals surface area contributed by atoms with E-state index in [0.29, 0.717) is 18.9 Å². The molecular weight excluding hydrogens is 416 g/mol. The van der Waals surface area contributed by atoms with Crippen molar-refractivity contribution in [2.45, 2.75) is 58.7 Å². The van der Waals surface area contributed by atoms with E-state index >= 15 is 0 Å². The summed E-state index contributed by atoms with van der Waals surface area (Å²) in [5.74, 6) is 1.85. The van der Waals surface area contributed by atoms with Crippen LogP contribution in [0.25, 0.3) is 0 Å². The summed E-state index contributed by atoms with van der Waals surface area (Å²) in [5, 5.41) is 21.8. The molecule has 0 aliphatic rings. The van der Waals surface area contributed by atoms with Gasteiger partial charge in [0.15, 0.2) is 0 Å². The number of halogens is 1. The molecule has 0 radical (unpaired) electrons. The van der Waals surface area contributed by atoms with E-state index in [2.05, 4.69) is 37.8 Å². The van der Waals surface area contributed by atoms with Crippen LogP contribution in [0.15, 0.2) is 42.2 Å². The molecule has 0 saturated heterocycles. The standard InChI is InChI=1S/C25H41ClO3S/c1-8-23(29-9-2)12-10-18(3)14-21-15-20(11-13-24(21)26)19(4)25(28)16-22(27)17-30(5,6)7/h8,10-13,15,18-19,22,25,27-28H,9,14,16-17H2,1-7H3/b12-10-,23-8+/t18-,19?,22?,25?/m0/s1. The smallest absolute Gasteiger partial charge is 0.114 e. The Bertz CT molecular complexity index is 709. The van der Waals surface area contributed by atoms with E-state index in [9.17, 15) is 10.2 Å². The Morgan fingerprint density at radius 2 is 1.87 bits per heavy atom. The first kappa shape index (κ1) is 27.1. The highest BCUT2D eigenvalue weighted by molar-refractivity contribution is 8.32. The summed E-state index contributed by atoms with van der Waals surface area (Å²) in [6, 6.07) is 5.99. The van der Waals surface area contributed by atoms with Gasteiger partial charge in [0.2, 0.25) is 0 Å². The number of ether oxygens (including phenoxy) is 1. The van der Waals surface area contributed by atoms with Crippen LogP contribution in [0.1, 0.15) is 51.2 Å². The zero-order valence-electron chi connectivity index (χ0n) is 19.7. The molecule has 0 aliphatic heterocycles. The molecule has 0 aromatic heterocycles. The van der Waals surface area contributed by atoms with Crippen molar-refractivity contribution in [3.05, 3.63) is 58.3 Å². The highest BCUT2D eigenvalue weighted by Crippen LogP contribution is 2.36. The first-order chi connectivity index (χ1) is 14.0. The minimum absolute atomic E-state index is 0.0657. The molecule has 5 heteroatoms. The summed E-state index contributed by atoms with van der Waals surface area (Å²) in [4.78, 5) is 0. The van der Waals surface area contributed by atoms with Crippen LogP contribution in [0, 0.1) is 5.92 Å². The average molecular weight is 457 g/mol. The molecule has 1 rings (SSSR count). The quantitative estimate of drug-likeness (QED) is 0.303. The topological polar surface area (TPSA) is 49.7 Å². The van der Waals surface area contributed by atoms with Crippen molar-refractivity contribution in [3.63, 3.8) is 0 Å². The fourth-order valence-corrected chi connectivity index (χ4v) is 4.94. The number of aliphatic hydroxyl groups is 2. The zero-order valence-corrected chi connectivity index (χ0v) is 21.3. The van der Waals surface area contributed by atoms with E-state index in [4.69, 9.17) is 16.3 Å². The van der Waals surface area contributed by atoms with Crippen LogP contribution < -0.4 is 0 Å². The van der Waals surface area contributed by atoms with Crippen LogP contribution in [0.4, 0.5) is 0 Å². The van der Waals surface area contributed by atoms with Crippen LogP contribution >= 0.6 is 21.6 Å². The van der Waals surface area contributed by atoms with Gasteiger partial charge in [-0.1, -0.05) is 43.7 Å².